The van der Waals surface area contributed by atoms with Crippen LogP contribution < -0.4 is 9.47 Å². The number of benzene rings is 1. The first-order valence-electron chi connectivity index (χ1n) is 5.35. The van der Waals surface area contributed by atoms with Crippen LogP contribution in [0.4, 0.5) is 0 Å². The van der Waals surface area contributed by atoms with Crippen molar-refractivity contribution in [3.05, 3.63) is 23.8 Å². The van der Waals surface area contributed by atoms with Gasteiger partial charge in [-0.25, -0.2) is 0 Å². The normalized spacial score (nSPS) is 16.1. The van der Waals surface area contributed by atoms with Gasteiger partial charge in [-0.1, -0.05) is 35.3 Å². The minimum absolute atomic E-state index is 0.415. The molecule has 0 fully saturated rings. The predicted octanol–water partition coefficient (Wildman–Crippen LogP) is 3.69. The maximum absolute atomic E-state index is 5.55. The lowest BCUT2D eigenvalue weighted by molar-refractivity contribution is 0.171. The van der Waals surface area contributed by atoms with Crippen molar-refractivity contribution in [2.24, 2.45) is 0 Å². The summed E-state index contributed by atoms with van der Waals surface area (Å²) in [6, 6.07) is 6.17. The number of alkyl halides is 1. The highest BCUT2D eigenvalue weighted by atomic mass is 79.9. The zero-order valence-electron chi connectivity index (χ0n) is 8.83. The monoisotopic (exact) mass is 270 g/mol. The topological polar surface area (TPSA) is 18.5 Å². The molecule has 2 rings (SSSR count). The Bertz CT molecular complexity index is 338. The Morgan fingerprint density at radius 2 is 2.00 bits per heavy atom. The predicted molar refractivity (Wildman–Crippen MR) is 64.0 cm³/mol. The number of hydrogen-bond acceptors (Lipinski definition) is 2. The summed E-state index contributed by atoms with van der Waals surface area (Å²) in [5.41, 5.74) is 1.26. The van der Waals surface area contributed by atoms with Gasteiger partial charge in [0, 0.05) is 4.83 Å². The Morgan fingerprint density at radius 3 is 2.73 bits per heavy atom. The highest BCUT2D eigenvalue weighted by Gasteiger charge is 2.14. The van der Waals surface area contributed by atoms with Crippen molar-refractivity contribution in [3.8, 4) is 11.5 Å². The number of halogens is 1. The van der Waals surface area contributed by atoms with Crippen molar-refractivity contribution in [2.75, 3.05) is 13.2 Å². The van der Waals surface area contributed by atoms with E-state index in [1.54, 1.807) is 0 Å². The lowest BCUT2D eigenvalue weighted by atomic mass is 10.1. The van der Waals surface area contributed by atoms with Crippen LogP contribution in [0.1, 0.15) is 30.2 Å². The molecular weight excluding hydrogens is 256 g/mol. The van der Waals surface area contributed by atoms with Crippen molar-refractivity contribution in [2.45, 2.75) is 24.6 Å². The zero-order valence-corrected chi connectivity index (χ0v) is 10.4. The third-order valence-electron chi connectivity index (χ3n) is 2.47. The standard InChI is InChI=1S/C12H15BrO2/c1-2-3-10(13)9-4-5-11-12(8-9)15-7-6-14-11/h4-5,8,10H,2-3,6-7H2,1H3. The van der Waals surface area contributed by atoms with E-state index in [-0.39, 0.29) is 0 Å². The van der Waals surface area contributed by atoms with E-state index in [0.29, 0.717) is 18.0 Å². The molecule has 0 spiro atoms. The van der Waals surface area contributed by atoms with Gasteiger partial charge in [0.1, 0.15) is 13.2 Å². The van der Waals surface area contributed by atoms with Gasteiger partial charge in [-0.05, 0) is 24.1 Å². The second-order valence-electron chi connectivity index (χ2n) is 3.66. The van der Waals surface area contributed by atoms with Crippen molar-refractivity contribution < 1.29 is 9.47 Å². The van der Waals surface area contributed by atoms with Crippen molar-refractivity contribution in [3.63, 3.8) is 0 Å². The van der Waals surface area contributed by atoms with Gasteiger partial charge in [0.2, 0.25) is 0 Å². The second kappa shape index (κ2) is 4.88. The molecule has 0 saturated carbocycles. The van der Waals surface area contributed by atoms with E-state index in [1.165, 1.54) is 12.0 Å². The lowest BCUT2D eigenvalue weighted by Gasteiger charge is -2.20. The number of rotatable bonds is 3. The van der Waals surface area contributed by atoms with E-state index < -0.39 is 0 Å². The van der Waals surface area contributed by atoms with Crippen molar-refractivity contribution in [1.82, 2.24) is 0 Å². The van der Waals surface area contributed by atoms with E-state index in [1.807, 2.05) is 6.07 Å². The van der Waals surface area contributed by atoms with Crippen LogP contribution >= 0.6 is 15.9 Å². The molecule has 1 aliphatic heterocycles. The molecule has 3 heteroatoms. The van der Waals surface area contributed by atoms with Gasteiger partial charge in [-0.15, -0.1) is 0 Å². The maximum atomic E-state index is 5.55. The van der Waals surface area contributed by atoms with Crippen molar-refractivity contribution in [1.29, 1.82) is 0 Å². The van der Waals surface area contributed by atoms with E-state index in [9.17, 15) is 0 Å². The number of fused-ring (bicyclic) bond motifs is 1. The van der Waals surface area contributed by atoms with E-state index in [4.69, 9.17) is 9.47 Å². The Labute approximate surface area is 98.7 Å². The molecule has 2 nitrogen and oxygen atoms in total. The summed E-state index contributed by atoms with van der Waals surface area (Å²) in [6.07, 6.45) is 2.31. The molecule has 1 atom stereocenters. The van der Waals surface area contributed by atoms with Gasteiger partial charge in [-0.3, -0.25) is 0 Å². The SMILES string of the molecule is CCCC(Br)c1ccc2c(c1)OCCO2. The molecule has 0 bridgehead atoms. The third-order valence-corrected chi connectivity index (χ3v) is 3.46. The fraction of sp³-hybridized carbons (Fsp3) is 0.500. The van der Waals surface area contributed by atoms with Gasteiger partial charge in [0.15, 0.2) is 11.5 Å². The Balaban J connectivity index is 2.20. The molecule has 0 aromatic heterocycles. The third kappa shape index (κ3) is 2.46. The molecule has 1 aromatic rings. The first-order chi connectivity index (χ1) is 7.31. The largest absolute Gasteiger partial charge is 0.486 e. The fourth-order valence-corrected chi connectivity index (χ4v) is 2.42. The summed E-state index contributed by atoms with van der Waals surface area (Å²) >= 11 is 3.68. The van der Waals surface area contributed by atoms with E-state index in [2.05, 4.69) is 35.0 Å². The second-order valence-corrected chi connectivity index (χ2v) is 4.76. The van der Waals surface area contributed by atoms with Crippen molar-refractivity contribution >= 4 is 15.9 Å². The summed E-state index contributed by atoms with van der Waals surface area (Å²) in [6.45, 7) is 3.49. The van der Waals surface area contributed by atoms with Crippen LogP contribution in [-0.2, 0) is 0 Å². The fourth-order valence-electron chi connectivity index (χ4n) is 1.67. The molecule has 15 heavy (non-hydrogen) atoms. The van der Waals surface area contributed by atoms with Gasteiger partial charge < -0.3 is 9.47 Å². The highest BCUT2D eigenvalue weighted by Crippen LogP contribution is 2.36. The molecule has 0 saturated heterocycles. The number of ether oxygens (including phenoxy) is 2. The smallest absolute Gasteiger partial charge is 0.161 e. The van der Waals surface area contributed by atoms with Crippen LogP contribution in [0.3, 0.4) is 0 Å². The van der Waals surface area contributed by atoms with Gasteiger partial charge in [-0.2, -0.15) is 0 Å². The minimum Gasteiger partial charge on any atom is -0.486 e. The van der Waals surface area contributed by atoms with E-state index >= 15 is 0 Å². The molecule has 0 amide bonds. The van der Waals surface area contributed by atoms with Gasteiger partial charge >= 0.3 is 0 Å². The molecule has 0 N–H and O–H groups in total. The highest BCUT2D eigenvalue weighted by molar-refractivity contribution is 9.09. The summed E-state index contributed by atoms with van der Waals surface area (Å²) in [7, 11) is 0. The van der Waals surface area contributed by atoms with Gasteiger partial charge in [0.05, 0.1) is 0 Å². The van der Waals surface area contributed by atoms with E-state index in [0.717, 1.165) is 17.9 Å². The average Bonchev–Trinajstić information content (AvgIpc) is 2.29. The summed E-state index contributed by atoms with van der Waals surface area (Å²) in [5, 5.41) is 0. The molecule has 1 heterocycles. The Hall–Kier alpha value is -0.700. The Morgan fingerprint density at radius 1 is 1.27 bits per heavy atom. The van der Waals surface area contributed by atoms with Crippen LogP contribution in [0.25, 0.3) is 0 Å². The molecule has 1 unspecified atom stereocenters. The molecule has 1 aromatic carbocycles. The summed E-state index contributed by atoms with van der Waals surface area (Å²) < 4.78 is 11.0. The summed E-state index contributed by atoms with van der Waals surface area (Å²) in [4.78, 5) is 0.415. The maximum Gasteiger partial charge on any atom is 0.161 e. The van der Waals surface area contributed by atoms with Crippen LogP contribution in [0.15, 0.2) is 18.2 Å². The first-order valence-corrected chi connectivity index (χ1v) is 6.26. The van der Waals surface area contributed by atoms with Crippen LogP contribution in [0, 0.1) is 0 Å². The zero-order chi connectivity index (χ0) is 10.7. The average molecular weight is 271 g/mol. The first kappa shape index (κ1) is 10.8. The number of hydrogen-bond donors (Lipinski definition) is 0. The van der Waals surface area contributed by atoms with Crippen LogP contribution in [-0.4, -0.2) is 13.2 Å². The minimum atomic E-state index is 0.415. The van der Waals surface area contributed by atoms with Gasteiger partial charge in [0.25, 0.3) is 0 Å². The lowest BCUT2D eigenvalue weighted by Crippen LogP contribution is -2.15. The summed E-state index contributed by atoms with van der Waals surface area (Å²) in [5.74, 6) is 1.74. The molecule has 0 aliphatic carbocycles. The molecule has 0 radical (unpaired) electrons. The quantitative estimate of drug-likeness (QED) is 0.780. The molecular formula is C12H15BrO2. The van der Waals surface area contributed by atoms with Crippen LogP contribution in [0.2, 0.25) is 0 Å². The Kier molecular flexibility index (Phi) is 3.52. The molecule has 1 aliphatic rings. The van der Waals surface area contributed by atoms with Crippen LogP contribution in [0.5, 0.6) is 11.5 Å². The molecule has 82 valence electrons.